The number of hydrogen-bond donors (Lipinski definition) is 1. The first-order valence-corrected chi connectivity index (χ1v) is 39.0. The molecular formula is C81H118O17. The third-order valence-corrected chi connectivity index (χ3v) is 29.6. The van der Waals surface area contributed by atoms with Crippen LogP contribution in [0.4, 0.5) is 0 Å². The van der Waals surface area contributed by atoms with Crippen LogP contribution in [0.1, 0.15) is 269 Å². The van der Waals surface area contributed by atoms with Gasteiger partial charge in [0.25, 0.3) is 0 Å². The number of allylic oxidation sites excluding steroid dienone is 2. The molecule has 15 aliphatic carbocycles. The second kappa shape index (κ2) is 24.8. The molecule has 0 aromatic heterocycles. The van der Waals surface area contributed by atoms with E-state index in [0.29, 0.717) is 86.9 Å². The molecule has 17 nitrogen and oxygen atoms in total. The molecule has 0 radical (unpaired) electrons. The zero-order valence-electron chi connectivity index (χ0n) is 61.3. The van der Waals surface area contributed by atoms with Gasteiger partial charge in [-0.15, -0.1) is 0 Å². The lowest BCUT2D eigenvalue weighted by Gasteiger charge is -2.59. The maximum absolute atomic E-state index is 16.8. The van der Waals surface area contributed by atoms with Gasteiger partial charge in [-0.2, -0.15) is 0 Å². The molecule has 1 aliphatic heterocycles. The van der Waals surface area contributed by atoms with Crippen molar-refractivity contribution in [3.8, 4) is 0 Å². The SMILES string of the molecule is CCC1(OC(=O)C(C)(CC2C3CCC(C3)C2C)CC(C)(CC(C)(CC(C)(CC(C)(C)C(=O)OCC(=O)OC(CC(=O)OC(C)(C)C)C2CC3C=CC2C3)C(=O)OC23CC4CC(CC(O)(C4)C2)C3)C(=O)OC2C3CC4C(=O)OC2C4C3)C(=O)OC2(C)C3CC4CC(C3)CC2C4)CCCC1. The maximum atomic E-state index is 16.8. The fraction of sp³-hybridized carbons (Fsp3) is 0.877. The van der Waals surface area contributed by atoms with Crippen LogP contribution >= 0.6 is 0 Å². The van der Waals surface area contributed by atoms with Crippen LogP contribution in [0.25, 0.3) is 0 Å². The Morgan fingerprint density at radius 1 is 0.633 bits per heavy atom. The van der Waals surface area contributed by atoms with E-state index in [9.17, 15) is 19.5 Å². The van der Waals surface area contributed by atoms with Gasteiger partial charge in [0.2, 0.25) is 0 Å². The van der Waals surface area contributed by atoms with Crippen molar-refractivity contribution in [2.24, 2.45) is 122 Å². The summed E-state index contributed by atoms with van der Waals surface area (Å²) in [5.74, 6) is -1.74. The average Bonchev–Trinajstić information content (AvgIpc) is 0.972. The highest BCUT2D eigenvalue weighted by Gasteiger charge is 2.67. The third kappa shape index (κ3) is 13.1. The van der Waals surface area contributed by atoms with Crippen molar-refractivity contribution in [1.82, 2.24) is 0 Å². The summed E-state index contributed by atoms with van der Waals surface area (Å²) < 4.78 is 52.2. The molecule has 1 saturated heterocycles. The van der Waals surface area contributed by atoms with E-state index in [2.05, 4.69) is 32.9 Å². The van der Waals surface area contributed by atoms with Crippen molar-refractivity contribution < 1.29 is 81.4 Å². The van der Waals surface area contributed by atoms with Crippen molar-refractivity contribution in [3.63, 3.8) is 0 Å². The number of hydrogen-bond acceptors (Lipinski definition) is 17. The van der Waals surface area contributed by atoms with Gasteiger partial charge in [-0.05, 0) is 314 Å². The highest BCUT2D eigenvalue weighted by molar-refractivity contribution is 5.86. The van der Waals surface area contributed by atoms with Crippen LogP contribution in [0.5, 0.6) is 0 Å². The fourth-order valence-corrected chi connectivity index (χ4v) is 26.0. The van der Waals surface area contributed by atoms with Crippen LogP contribution in [0.3, 0.4) is 0 Å². The molecule has 19 unspecified atom stereocenters. The molecule has 0 amide bonds. The largest absolute Gasteiger partial charge is 0.460 e. The summed E-state index contributed by atoms with van der Waals surface area (Å²) in [7, 11) is 0. The van der Waals surface area contributed by atoms with E-state index in [1.165, 1.54) is 6.42 Å². The lowest BCUT2D eigenvalue weighted by molar-refractivity contribution is -0.228. The molecule has 16 aliphatic rings. The van der Waals surface area contributed by atoms with Gasteiger partial charge in [0.1, 0.15) is 40.7 Å². The summed E-state index contributed by atoms with van der Waals surface area (Å²) in [4.78, 5) is 122. The van der Waals surface area contributed by atoms with E-state index in [-0.39, 0.29) is 110 Å². The van der Waals surface area contributed by atoms with Crippen molar-refractivity contribution in [3.05, 3.63) is 12.2 Å². The van der Waals surface area contributed by atoms with Gasteiger partial charge in [-0.1, -0.05) is 26.0 Å². The minimum atomic E-state index is -1.81. The van der Waals surface area contributed by atoms with Gasteiger partial charge in [0.15, 0.2) is 6.61 Å². The molecule has 19 atom stereocenters. The smallest absolute Gasteiger partial charge is 0.344 e. The summed E-state index contributed by atoms with van der Waals surface area (Å²) in [6, 6.07) is 0. The number of rotatable bonds is 26. The highest BCUT2D eigenvalue weighted by Crippen LogP contribution is 2.65. The highest BCUT2D eigenvalue weighted by atomic mass is 16.6. The predicted molar refractivity (Wildman–Crippen MR) is 360 cm³/mol. The van der Waals surface area contributed by atoms with Crippen molar-refractivity contribution in [2.45, 2.75) is 316 Å². The molecule has 1 heterocycles. The van der Waals surface area contributed by atoms with Gasteiger partial charge in [0, 0.05) is 24.2 Å². The van der Waals surface area contributed by atoms with Crippen LogP contribution < -0.4 is 0 Å². The Kier molecular flexibility index (Phi) is 17.9. The average molecular weight is 1360 g/mol. The first-order valence-electron chi connectivity index (χ1n) is 39.0. The standard InChI is InChI=1S/C81H118O17/c1-13-80(20-14-15-21-80)97-69(87)74(8,38-60-45(2)51-18-19-53(60)30-51)41-77(11,70(88)96-78(12)55-25-47-22-48(27-55)28-56(78)26-47)43-76(10,68(86)94-64-54-31-58-59(32-54)66(84)93-65(58)64)42-75(9,71(89)98-81-36-49-23-50(37-81)35-79(90,34-49)44-81)40-73(6,7)67(85)91-39-63(83)92-61(33-62(82)95-72(3,4)5)57-29-46-16-17-52(57)24-46/h16-17,45-61,64-65,90H,13-15,18-44H2,1-12H3. The topological polar surface area (TPSA) is 231 Å². The lowest BCUT2D eigenvalue weighted by atomic mass is 9.50. The quantitative estimate of drug-likeness (QED) is 0.0482. The molecule has 544 valence electrons. The van der Waals surface area contributed by atoms with E-state index < -0.39 is 116 Å². The normalized spacial score (nSPS) is 41.8. The van der Waals surface area contributed by atoms with Crippen LogP contribution in [0.2, 0.25) is 0 Å². The van der Waals surface area contributed by atoms with Gasteiger partial charge >= 0.3 is 47.8 Å². The number of fused-ring (bicyclic) bond motifs is 5. The van der Waals surface area contributed by atoms with Crippen molar-refractivity contribution >= 4 is 47.8 Å². The monoisotopic (exact) mass is 1360 g/mol. The number of aliphatic hydroxyl groups is 1. The summed E-state index contributed by atoms with van der Waals surface area (Å²) in [6.45, 7) is 21.8. The Morgan fingerprint density at radius 3 is 1.83 bits per heavy atom. The Balaban J connectivity index is 0.828. The molecule has 14 bridgehead atoms. The molecule has 0 aromatic rings. The molecular weight excluding hydrogens is 1240 g/mol. The summed E-state index contributed by atoms with van der Waals surface area (Å²) in [5, 5.41) is 12.2. The van der Waals surface area contributed by atoms with E-state index in [4.69, 9.17) is 37.9 Å². The van der Waals surface area contributed by atoms with E-state index in [1.54, 1.807) is 48.5 Å². The minimum Gasteiger partial charge on any atom is -0.460 e. The Bertz CT molecular complexity index is 3160. The predicted octanol–water partition coefficient (Wildman–Crippen LogP) is 14.2. The number of carbonyl (C=O) groups excluding carboxylic acids is 8. The zero-order valence-corrected chi connectivity index (χ0v) is 61.3. The van der Waals surface area contributed by atoms with Gasteiger partial charge in [-0.3, -0.25) is 33.6 Å². The van der Waals surface area contributed by atoms with Crippen LogP contribution in [-0.2, 0) is 76.3 Å². The molecule has 17 heteroatoms. The lowest BCUT2D eigenvalue weighted by Crippen LogP contribution is -2.61. The molecule has 16 rings (SSSR count). The minimum absolute atomic E-state index is 0.0233. The van der Waals surface area contributed by atoms with Crippen LogP contribution in [0.15, 0.2) is 12.2 Å². The summed E-state index contributed by atoms with van der Waals surface area (Å²) in [5.41, 5.74) is -12.3. The molecule has 98 heavy (non-hydrogen) atoms. The Labute approximate surface area is 582 Å². The van der Waals surface area contributed by atoms with Gasteiger partial charge < -0.3 is 43.0 Å². The van der Waals surface area contributed by atoms with Crippen molar-refractivity contribution in [1.29, 1.82) is 0 Å². The number of carbonyl (C=O) groups is 8. The van der Waals surface area contributed by atoms with Gasteiger partial charge in [-0.25, -0.2) is 4.79 Å². The number of esters is 8. The van der Waals surface area contributed by atoms with Crippen LogP contribution in [-0.4, -0.2) is 106 Å². The second-order valence-corrected chi connectivity index (χ2v) is 39.3. The Morgan fingerprint density at radius 2 is 1.23 bits per heavy atom. The molecule has 0 aromatic carbocycles. The third-order valence-electron chi connectivity index (χ3n) is 29.6. The first kappa shape index (κ1) is 70.5. The Hall–Kier alpha value is -4.54. The first-order chi connectivity index (χ1) is 45.9. The van der Waals surface area contributed by atoms with E-state index in [1.807, 2.05) is 13.8 Å². The molecule has 15 fully saturated rings. The molecule has 1 N–H and O–H groups in total. The molecule has 14 saturated carbocycles. The summed E-state index contributed by atoms with van der Waals surface area (Å²) in [6.07, 6.45) is 20.2. The second-order valence-electron chi connectivity index (χ2n) is 39.3. The number of ether oxygens (including phenoxy) is 8. The molecule has 0 spiro atoms. The summed E-state index contributed by atoms with van der Waals surface area (Å²) >= 11 is 0. The van der Waals surface area contributed by atoms with Gasteiger partial charge in [0.05, 0.1) is 45.0 Å². The maximum Gasteiger partial charge on any atom is 0.344 e. The van der Waals surface area contributed by atoms with E-state index >= 15 is 24.0 Å². The fourth-order valence-electron chi connectivity index (χ4n) is 26.0. The zero-order chi connectivity index (χ0) is 69.9. The van der Waals surface area contributed by atoms with Crippen LogP contribution in [0, 0.1) is 122 Å². The van der Waals surface area contributed by atoms with Crippen molar-refractivity contribution in [2.75, 3.05) is 6.61 Å². The van der Waals surface area contributed by atoms with E-state index in [0.717, 1.165) is 89.9 Å².